The zero-order valence-electron chi connectivity index (χ0n) is 15.3. The van der Waals surface area contributed by atoms with Crippen LogP contribution in [0.2, 0.25) is 0 Å². The van der Waals surface area contributed by atoms with Crippen LogP contribution < -0.4 is 5.32 Å². The molecule has 0 radical (unpaired) electrons. The summed E-state index contributed by atoms with van der Waals surface area (Å²) in [6.45, 7) is 7.06. The highest BCUT2D eigenvalue weighted by Crippen LogP contribution is 2.43. The van der Waals surface area contributed by atoms with E-state index in [0.717, 1.165) is 31.4 Å². The Bertz CT molecular complexity index is 654. The maximum Gasteiger partial charge on any atom is 0.410 e. The summed E-state index contributed by atoms with van der Waals surface area (Å²) < 4.78 is 5.44. The number of nitrogens with zero attached hydrogens (tertiary/aromatic N) is 2. The van der Waals surface area contributed by atoms with Crippen molar-refractivity contribution in [3.63, 3.8) is 0 Å². The largest absolute Gasteiger partial charge is 0.444 e. The number of nitrogens with one attached hydrogen (secondary N) is 1. The van der Waals surface area contributed by atoms with Crippen LogP contribution in [-0.2, 0) is 10.2 Å². The van der Waals surface area contributed by atoms with E-state index in [0.29, 0.717) is 12.6 Å². The van der Waals surface area contributed by atoms with Crippen LogP contribution in [0.1, 0.15) is 45.6 Å². The molecule has 1 saturated carbocycles. The van der Waals surface area contributed by atoms with E-state index in [-0.39, 0.29) is 17.6 Å². The van der Waals surface area contributed by atoms with E-state index < -0.39 is 5.60 Å². The van der Waals surface area contributed by atoms with Gasteiger partial charge < -0.3 is 15.0 Å². The maximum atomic E-state index is 12.1. The third-order valence-corrected chi connectivity index (χ3v) is 5.04. The first-order valence-electron chi connectivity index (χ1n) is 9.02. The van der Waals surface area contributed by atoms with E-state index in [2.05, 4.69) is 11.4 Å². The molecule has 2 aliphatic rings. The van der Waals surface area contributed by atoms with E-state index in [4.69, 9.17) is 4.74 Å². The molecule has 5 heteroatoms. The molecule has 1 aliphatic heterocycles. The van der Waals surface area contributed by atoms with Crippen molar-refractivity contribution in [1.82, 2.24) is 10.2 Å². The average Bonchev–Trinajstić information content (AvgIpc) is 2.98. The van der Waals surface area contributed by atoms with Crippen LogP contribution in [0, 0.1) is 11.3 Å². The average molecular weight is 341 g/mol. The van der Waals surface area contributed by atoms with Gasteiger partial charge in [-0.2, -0.15) is 5.26 Å². The van der Waals surface area contributed by atoms with Crippen LogP contribution in [0.3, 0.4) is 0 Å². The summed E-state index contributed by atoms with van der Waals surface area (Å²) in [5.74, 6) is 0. The molecule has 1 atom stereocenters. The predicted octanol–water partition coefficient (Wildman–Crippen LogP) is 3.21. The molecule has 5 nitrogen and oxygen atoms in total. The lowest BCUT2D eigenvalue weighted by Crippen LogP contribution is -2.54. The predicted molar refractivity (Wildman–Crippen MR) is 96.1 cm³/mol. The van der Waals surface area contributed by atoms with Crippen LogP contribution in [-0.4, -0.2) is 41.8 Å². The summed E-state index contributed by atoms with van der Waals surface area (Å²) >= 11 is 0. The van der Waals surface area contributed by atoms with Gasteiger partial charge in [-0.05, 0) is 45.6 Å². The Morgan fingerprint density at radius 3 is 2.56 bits per heavy atom. The standard InChI is InChI=1S/C20H27N3O2/c1-19(2,3)25-18(24)23-10-9-16(13-23)22-17-11-20(12-17,14-21)15-7-5-4-6-8-15/h4-8,16-17,22H,9-13H2,1-3H3. The number of likely N-dealkylation sites (tertiary alicyclic amines) is 1. The third-order valence-electron chi connectivity index (χ3n) is 5.04. The van der Waals surface area contributed by atoms with Crippen LogP contribution >= 0.6 is 0 Å². The molecule has 3 rings (SSSR count). The number of hydrogen-bond acceptors (Lipinski definition) is 4. The Labute approximate surface area is 150 Å². The number of hydrogen-bond donors (Lipinski definition) is 1. The van der Waals surface area contributed by atoms with Gasteiger partial charge in [0.2, 0.25) is 0 Å². The second-order valence-corrected chi connectivity index (χ2v) is 8.24. The molecule has 0 spiro atoms. The Hall–Kier alpha value is -2.06. The number of amides is 1. The Kier molecular flexibility index (Phi) is 4.75. The van der Waals surface area contributed by atoms with E-state index in [1.165, 1.54) is 0 Å². The SMILES string of the molecule is CC(C)(C)OC(=O)N1CCC(NC2CC(C#N)(c3ccccc3)C2)C1. The minimum absolute atomic E-state index is 0.235. The molecule has 1 aliphatic carbocycles. The van der Waals surface area contributed by atoms with E-state index in [9.17, 15) is 10.1 Å². The Balaban J connectivity index is 1.50. The molecule has 25 heavy (non-hydrogen) atoms. The highest BCUT2D eigenvalue weighted by Gasteiger charge is 2.47. The molecule has 0 aromatic heterocycles. The molecule has 1 N–H and O–H groups in total. The van der Waals surface area contributed by atoms with Gasteiger partial charge in [0.25, 0.3) is 0 Å². The van der Waals surface area contributed by atoms with Gasteiger partial charge in [-0.25, -0.2) is 4.79 Å². The number of ether oxygens (including phenoxy) is 1. The van der Waals surface area contributed by atoms with Gasteiger partial charge in [0.05, 0.1) is 11.5 Å². The van der Waals surface area contributed by atoms with Crippen molar-refractivity contribution in [2.45, 2.75) is 63.1 Å². The summed E-state index contributed by atoms with van der Waals surface area (Å²) in [4.78, 5) is 13.9. The Morgan fingerprint density at radius 2 is 1.96 bits per heavy atom. The number of carbonyl (C=O) groups is 1. The fourth-order valence-corrected chi connectivity index (χ4v) is 3.77. The number of rotatable bonds is 3. The minimum atomic E-state index is -0.460. The molecule has 1 aromatic rings. The fraction of sp³-hybridized carbons (Fsp3) is 0.600. The first-order chi connectivity index (χ1) is 11.8. The topological polar surface area (TPSA) is 65.4 Å². The highest BCUT2D eigenvalue weighted by molar-refractivity contribution is 5.68. The Morgan fingerprint density at radius 1 is 1.28 bits per heavy atom. The first kappa shape index (κ1) is 17.8. The van der Waals surface area contributed by atoms with Crippen LogP contribution in [0.4, 0.5) is 4.79 Å². The summed E-state index contributed by atoms with van der Waals surface area (Å²) in [6, 6.07) is 13.2. The molecule has 0 bridgehead atoms. The second kappa shape index (κ2) is 6.68. The molecule has 1 amide bonds. The van der Waals surface area contributed by atoms with Gasteiger partial charge in [-0.15, -0.1) is 0 Å². The number of carbonyl (C=O) groups excluding carboxylic acids is 1. The van der Waals surface area contributed by atoms with Crippen molar-refractivity contribution < 1.29 is 9.53 Å². The van der Waals surface area contributed by atoms with Crippen molar-refractivity contribution in [2.24, 2.45) is 0 Å². The van der Waals surface area contributed by atoms with Crippen molar-refractivity contribution >= 4 is 6.09 Å². The molecule has 1 unspecified atom stereocenters. The molecule has 2 fully saturated rings. The minimum Gasteiger partial charge on any atom is -0.444 e. The fourth-order valence-electron chi connectivity index (χ4n) is 3.77. The van der Waals surface area contributed by atoms with Gasteiger partial charge in [-0.1, -0.05) is 30.3 Å². The zero-order valence-corrected chi connectivity index (χ0v) is 15.3. The second-order valence-electron chi connectivity index (χ2n) is 8.24. The third kappa shape index (κ3) is 3.96. The number of nitriles is 1. The summed E-state index contributed by atoms with van der Waals surface area (Å²) in [5.41, 5.74) is 0.290. The van der Waals surface area contributed by atoms with E-state index in [1.807, 2.05) is 51.1 Å². The lowest BCUT2D eigenvalue weighted by Gasteiger charge is -2.44. The summed E-state index contributed by atoms with van der Waals surface area (Å²) in [7, 11) is 0. The molecule has 1 saturated heterocycles. The lowest BCUT2D eigenvalue weighted by molar-refractivity contribution is 0.0289. The van der Waals surface area contributed by atoms with E-state index in [1.54, 1.807) is 4.90 Å². The van der Waals surface area contributed by atoms with Crippen molar-refractivity contribution in [3.8, 4) is 6.07 Å². The summed E-state index contributed by atoms with van der Waals surface area (Å²) in [5, 5.41) is 13.3. The highest BCUT2D eigenvalue weighted by atomic mass is 16.6. The zero-order chi connectivity index (χ0) is 18.1. The van der Waals surface area contributed by atoms with Gasteiger partial charge in [0.15, 0.2) is 0 Å². The molecular formula is C20H27N3O2. The molecule has 1 aromatic carbocycles. The normalized spacial score (nSPS) is 29.0. The number of benzene rings is 1. The lowest BCUT2D eigenvalue weighted by atomic mass is 9.62. The van der Waals surface area contributed by atoms with Gasteiger partial charge in [0, 0.05) is 25.2 Å². The maximum absolute atomic E-state index is 12.1. The van der Waals surface area contributed by atoms with E-state index >= 15 is 0 Å². The monoisotopic (exact) mass is 341 g/mol. The van der Waals surface area contributed by atoms with Crippen LogP contribution in [0.25, 0.3) is 0 Å². The van der Waals surface area contributed by atoms with Gasteiger partial charge in [-0.3, -0.25) is 0 Å². The van der Waals surface area contributed by atoms with Crippen molar-refractivity contribution in [1.29, 1.82) is 5.26 Å². The summed E-state index contributed by atoms with van der Waals surface area (Å²) in [6.07, 6.45) is 2.36. The molecular weight excluding hydrogens is 314 g/mol. The van der Waals surface area contributed by atoms with Gasteiger partial charge >= 0.3 is 6.09 Å². The molecule has 134 valence electrons. The van der Waals surface area contributed by atoms with Crippen LogP contribution in [0.15, 0.2) is 30.3 Å². The van der Waals surface area contributed by atoms with Crippen molar-refractivity contribution in [2.75, 3.05) is 13.1 Å². The van der Waals surface area contributed by atoms with Crippen LogP contribution in [0.5, 0.6) is 0 Å². The van der Waals surface area contributed by atoms with Crippen molar-refractivity contribution in [3.05, 3.63) is 35.9 Å². The van der Waals surface area contributed by atoms with Gasteiger partial charge in [0.1, 0.15) is 5.60 Å². The smallest absolute Gasteiger partial charge is 0.410 e. The quantitative estimate of drug-likeness (QED) is 0.917. The first-order valence-corrected chi connectivity index (χ1v) is 9.02. The molecule has 1 heterocycles.